The number of rotatable bonds is 0. The number of nitrogens with zero attached hydrogens (tertiary/aromatic N) is 2. The predicted octanol–water partition coefficient (Wildman–Crippen LogP) is 2.61. The Balaban J connectivity index is 2.30. The molecule has 2 heterocycles. The zero-order chi connectivity index (χ0) is 9.10. The molecule has 70 valence electrons. The largest absolute Gasteiger partial charge is 0.289 e. The van der Waals surface area contributed by atoms with Crippen molar-refractivity contribution in [1.29, 1.82) is 0 Å². The molecule has 0 amide bonds. The van der Waals surface area contributed by atoms with Gasteiger partial charge < -0.3 is 0 Å². The van der Waals surface area contributed by atoms with Crippen molar-refractivity contribution in [1.82, 2.24) is 0 Å². The first kappa shape index (κ1) is 8.67. The maximum Gasteiger partial charge on any atom is 0.0423 e. The lowest BCUT2D eigenvalue weighted by atomic mass is 9.90. The lowest BCUT2D eigenvalue weighted by Crippen LogP contribution is -2.19. The van der Waals surface area contributed by atoms with Crippen molar-refractivity contribution in [2.75, 3.05) is 6.54 Å². The van der Waals surface area contributed by atoms with Crippen molar-refractivity contribution in [3.63, 3.8) is 0 Å². The highest BCUT2D eigenvalue weighted by Crippen LogP contribution is 2.23. The Labute approximate surface area is 79.5 Å². The number of hydrogen-bond donors (Lipinski definition) is 0. The average Bonchev–Trinajstić information content (AvgIpc) is 2.14. The normalized spacial score (nSPS) is 32.2. The fraction of sp³-hybridized carbons (Fsp3) is 0.636. The van der Waals surface area contributed by atoms with Crippen LogP contribution in [-0.4, -0.2) is 18.5 Å². The van der Waals surface area contributed by atoms with Gasteiger partial charge in [-0.25, -0.2) is 0 Å². The summed E-state index contributed by atoms with van der Waals surface area (Å²) in [7, 11) is 0. The van der Waals surface area contributed by atoms with Crippen molar-refractivity contribution in [3.8, 4) is 0 Å². The minimum absolute atomic E-state index is 0.623. The Morgan fingerprint density at radius 2 is 2.38 bits per heavy atom. The van der Waals surface area contributed by atoms with E-state index >= 15 is 0 Å². The third-order valence-electron chi connectivity index (χ3n) is 2.75. The van der Waals surface area contributed by atoms with Crippen LogP contribution in [0.3, 0.4) is 0 Å². The van der Waals surface area contributed by atoms with E-state index < -0.39 is 0 Å². The molecule has 0 saturated heterocycles. The predicted molar refractivity (Wildman–Crippen MR) is 56.5 cm³/mol. The van der Waals surface area contributed by atoms with Crippen molar-refractivity contribution >= 4 is 11.9 Å². The molecular formula is C11H16N2. The molecular weight excluding hydrogens is 160 g/mol. The van der Waals surface area contributed by atoms with Gasteiger partial charge in [0.15, 0.2) is 0 Å². The number of hydrogen-bond acceptors (Lipinski definition) is 2. The first-order valence-electron chi connectivity index (χ1n) is 5.13. The highest BCUT2D eigenvalue weighted by molar-refractivity contribution is 6.02. The van der Waals surface area contributed by atoms with Crippen molar-refractivity contribution in [2.24, 2.45) is 15.9 Å². The topological polar surface area (TPSA) is 24.7 Å². The Morgan fingerprint density at radius 3 is 3.31 bits per heavy atom. The summed E-state index contributed by atoms with van der Waals surface area (Å²) in [6.45, 7) is 3.29. The smallest absolute Gasteiger partial charge is 0.0423 e. The molecule has 0 aliphatic carbocycles. The van der Waals surface area contributed by atoms with Crippen LogP contribution in [0.1, 0.15) is 32.6 Å². The van der Waals surface area contributed by atoms with E-state index in [-0.39, 0.29) is 0 Å². The number of allylic oxidation sites excluding steroid dienone is 1. The molecule has 0 radical (unpaired) electrons. The Hall–Kier alpha value is -0.920. The fourth-order valence-electron chi connectivity index (χ4n) is 1.98. The maximum atomic E-state index is 4.61. The van der Waals surface area contributed by atoms with Gasteiger partial charge in [-0.1, -0.05) is 6.92 Å². The van der Waals surface area contributed by atoms with Crippen LogP contribution in [0.25, 0.3) is 0 Å². The summed E-state index contributed by atoms with van der Waals surface area (Å²) in [5.41, 5.74) is 2.69. The van der Waals surface area contributed by atoms with Crippen LogP contribution in [0.4, 0.5) is 0 Å². The van der Waals surface area contributed by atoms with Gasteiger partial charge in [-0.3, -0.25) is 9.98 Å². The van der Waals surface area contributed by atoms with Crippen molar-refractivity contribution < 1.29 is 0 Å². The van der Waals surface area contributed by atoms with E-state index in [1.54, 1.807) is 0 Å². The van der Waals surface area contributed by atoms with Gasteiger partial charge in [0.25, 0.3) is 0 Å². The molecule has 0 aromatic carbocycles. The van der Waals surface area contributed by atoms with E-state index in [2.05, 4.69) is 16.9 Å². The lowest BCUT2D eigenvalue weighted by Gasteiger charge is -2.21. The molecule has 2 aliphatic heterocycles. The van der Waals surface area contributed by atoms with Crippen molar-refractivity contribution in [3.05, 3.63) is 11.8 Å². The van der Waals surface area contributed by atoms with Gasteiger partial charge in [0.2, 0.25) is 0 Å². The van der Waals surface area contributed by atoms with Gasteiger partial charge in [-0.05, 0) is 37.2 Å². The highest BCUT2D eigenvalue weighted by Gasteiger charge is 2.18. The van der Waals surface area contributed by atoms with Crippen LogP contribution in [-0.2, 0) is 0 Å². The second-order valence-corrected chi connectivity index (χ2v) is 3.83. The summed E-state index contributed by atoms with van der Waals surface area (Å²) < 4.78 is 0. The van der Waals surface area contributed by atoms with Crippen LogP contribution >= 0.6 is 0 Å². The zero-order valence-electron chi connectivity index (χ0n) is 8.16. The second-order valence-electron chi connectivity index (χ2n) is 3.83. The monoisotopic (exact) mass is 176 g/mol. The minimum Gasteiger partial charge on any atom is -0.289 e. The van der Waals surface area contributed by atoms with E-state index in [1.807, 2.05) is 12.4 Å². The molecule has 13 heavy (non-hydrogen) atoms. The van der Waals surface area contributed by atoms with Gasteiger partial charge in [0.1, 0.15) is 0 Å². The lowest BCUT2D eigenvalue weighted by molar-refractivity contribution is 0.680. The molecule has 2 heteroatoms. The van der Waals surface area contributed by atoms with E-state index in [9.17, 15) is 0 Å². The third kappa shape index (κ3) is 1.87. The quantitative estimate of drug-likeness (QED) is 0.542. The molecule has 2 rings (SSSR count). The third-order valence-corrected chi connectivity index (χ3v) is 2.75. The van der Waals surface area contributed by atoms with Crippen LogP contribution in [0, 0.1) is 5.92 Å². The molecule has 2 nitrogen and oxygen atoms in total. The van der Waals surface area contributed by atoms with Gasteiger partial charge in [0, 0.05) is 24.7 Å². The molecule has 1 atom stereocenters. The summed E-state index contributed by atoms with van der Waals surface area (Å²) in [5, 5.41) is 0. The van der Waals surface area contributed by atoms with Crippen molar-refractivity contribution in [2.45, 2.75) is 32.6 Å². The summed E-state index contributed by atoms with van der Waals surface area (Å²) in [4.78, 5) is 8.89. The zero-order valence-corrected chi connectivity index (χ0v) is 8.16. The van der Waals surface area contributed by atoms with E-state index in [4.69, 9.17) is 0 Å². The van der Waals surface area contributed by atoms with E-state index in [0.717, 1.165) is 13.0 Å². The molecule has 2 aliphatic rings. The standard InChI is InChI=1S/C11H16N2/c1-9-4-2-6-12-8-10-5-3-7-13-11(9)10/h6,8-9H,2-5,7H2,1H3/b10-8-,12-6?. The Kier molecular flexibility index (Phi) is 2.57. The first-order valence-corrected chi connectivity index (χ1v) is 5.13. The molecule has 0 fully saturated rings. The van der Waals surface area contributed by atoms with Crippen LogP contribution in [0.15, 0.2) is 21.8 Å². The van der Waals surface area contributed by atoms with Crippen LogP contribution in [0.5, 0.6) is 0 Å². The molecule has 1 unspecified atom stereocenters. The second kappa shape index (κ2) is 3.86. The average molecular weight is 176 g/mol. The number of aliphatic imine (C=N–C) groups is 2. The molecule has 0 bridgehead atoms. The Bertz CT molecular complexity index is 274. The summed E-state index contributed by atoms with van der Waals surface area (Å²) in [6.07, 6.45) is 8.67. The Morgan fingerprint density at radius 1 is 1.46 bits per heavy atom. The molecule has 0 spiro atoms. The van der Waals surface area contributed by atoms with E-state index in [1.165, 1.54) is 30.5 Å². The number of fused-ring (bicyclic) bond motifs is 1. The SMILES string of the molecule is CC1CCC=N/C=C2/CCCN=C21. The molecule has 0 N–H and O–H groups in total. The molecule has 0 saturated carbocycles. The summed E-state index contributed by atoms with van der Waals surface area (Å²) in [6, 6.07) is 0. The van der Waals surface area contributed by atoms with E-state index in [0.29, 0.717) is 5.92 Å². The maximum absolute atomic E-state index is 4.61. The fourth-order valence-corrected chi connectivity index (χ4v) is 1.98. The first-order chi connectivity index (χ1) is 6.38. The summed E-state index contributed by atoms with van der Waals surface area (Å²) >= 11 is 0. The summed E-state index contributed by atoms with van der Waals surface area (Å²) in [5.74, 6) is 0.623. The van der Waals surface area contributed by atoms with Gasteiger partial charge in [0.05, 0.1) is 0 Å². The van der Waals surface area contributed by atoms with Gasteiger partial charge in [-0.2, -0.15) is 0 Å². The highest BCUT2D eigenvalue weighted by atomic mass is 14.8. The molecule has 0 aromatic heterocycles. The molecule has 0 aromatic rings. The van der Waals surface area contributed by atoms with Crippen LogP contribution < -0.4 is 0 Å². The minimum atomic E-state index is 0.623. The van der Waals surface area contributed by atoms with Gasteiger partial charge in [-0.15, -0.1) is 0 Å². The van der Waals surface area contributed by atoms with Gasteiger partial charge >= 0.3 is 0 Å². The van der Waals surface area contributed by atoms with Crippen LogP contribution in [0.2, 0.25) is 0 Å².